The lowest BCUT2D eigenvalue weighted by molar-refractivity contribution is 0.144. The lowest BCUT2D eigenvalue weighted by atomic mass is 10.0. The Kier molecular flexibility index (Phi) is 4.79. The quantitative estimate of drug-likeness (QED) is 0.879. The van der Waals surface area contributed by atoms with Crippen molar-refractivity contribution in [1.82, 2.24) is 10.2 Å². The standard InChI is InChI=1S/C16H26N2/c1-4-5-16-11-17-8-9-18(16)12-15-10-13(2)6-7-14(15)3/h6-7,10,16-17H,4-5,8-9,11-12H2,1-3H3. The predicted octanol–water partition coefficient (Wildman–Crippen LogP) is 2.88. The van der Waals surface area contributed by atoms with E-state index in [1.165, 1.54) is 36.1 Å². The van der Waals surface area contributed by atoms with Gasteiger partial charge in [0.2, 0.25) is 0 Å². The zero-order valence-electron chi connectivity index (χ0n) is 12.0. The van der Waals surface area contributed by atoms with Crippen molar-refractivity contribution in [3.63, 3.8) is 0 Å². The van der Waals surface area contributed by atoms with E-state index in [9.17, 15) is 0 Å². The van der Waals surface area contributed by atoms with Crippen molar-refractivity contribution in [2.75, 3.05) is 19.6 Å². The van der Waals surface area contributed by atoms with Crippen molar-refractivity contribution in [3.8, 4) is 0 Å². The van der Waals surface area contributed by atoms with Crippen molar-refractivity contribution in [2.45, 2.75) is 46.2 Å². The Bertz CT molecular complexity index is 385. The summed E-state index contributed by atoms with van der Waals surface area (Å²) in [5.74, 6) is 0. The van der Waals surface area contributed by atoms with Gasteiger partial charge in [-0.3, -0.25) is 4.90 Å². The van der Waals surface area contributed by atoms with Gasteiger partial charge in [-0.15, -0.1) is 0 Å². The molecule has 2 rings (SSSR count). The number of nitrogens with one attached hydrogen (secondary N) is 1. The number of benzene rings is 1. The van der Waals surface area contributed by atoms with Gasteiger partial charge in [0.1, 0.15) is 0 Å². The summed E-state index contributed by atoms with van der Waals surface area (Å²) in [6.07, 6.45) is 2.58. The van der Waals surface area contributed by atoms with E-state index in [1.54, 1.807) is 0 Å². The zero-order chi connectivity index (χ0) is 13.0. The minimum Gasteiger partial charge on any atom is -0.314 e. The molecule has 2 nitrogen and oxygen atoms in total. The normalized spacial score (nSPS) is 21.2. The predicted molar refractivity (Wildman–Crippen MR) is 77.9 cm³/mol. The summed E-state index contributed by atoms with van der Waals surface area (Å²) >= 11 is 0. The second kappa shape index (κ2) is 6.35. The van der Waals surface area contributed by atoms with E-state index >= 15 is 0 Å². The highest BCUT2D eigenvalue weighted by molar-refractivity contribution is 5.30. The average molecular weight is 246 g/mol. The Morgan fingerprint density at radius 1 is 1.33 bits per heavy atom. The second-order valence-electron chi connectivity index (χ2n) is 5.55. The van der Waals surface area contributed by atoms with Gasteiger partial charge in [-0.2, -0.15) is 0 Å². The van der Waals surface area contributed by atoms with Gasteiger partial charge in [-0.05, 0) is 31.4 Å². The highest BCUT2D eigenvalue weighted by Gasteiger charge is 2.21. The van der Waals surface area contributed by atoms with Gasteiger partial charge in [-0.25, -0.2) is 0 Å². The molecule has 0 amide bonds. The van der Waals surface area contributed by atoms with E-state index < -0.39 is 0 Å². The van der Waals surface area contributed by atoms with Crippen LogP contribution in [-0.2, 0) is 6.54 Å². The van der Waals surface area contributed by atoms with E-state index in [0.29, 0.717) is 6.04 Å². The third-order valence-electron chi connectivity index (χ3n) is 3.97. The molecule has 1 saturated heterocycles. The SMILES string of the molecule is CCCC1CNCCN1Cc1cc(C)ccc1C. The van der Waals surface area contributed by atoms with E-state index in [2.05, 4.69) is 49.2 Å². The first kappa shape index (κ1) is 13.6. The minimum atomic E-state index is 0.712. The third-order valence-corrected chi connectivity index (χ3v) is 3.97. The number of piperazine rings is 1. The van der Waals surface area contributed by atoms with Crippen LogP contribution in [0.15, 0.2) is 18.2 Å². The van der Waals surface area contributed by atoms with Crippen LogP contribution >= 0.6 is 0 Å². The maximum atomic E-state index is 3.52. The van der Waals surface area contributed by atoms with Gasteiger partial charge < -0.3 is 5.32 Å². The molecule has 1 aliphatic heterocycles. The lowest BCUT2D eigenvalue weighted by Gasteiger charge is -2.36. The first-order valence-corrected chi connectivity index (χ1v) is 7.21. The van der Waals surface area contributed by atoms with Crippen LogP contribution in [-0.4, -0.2) is 30.6 Å². The molecule has 1 heterocycles. The molecule has 0 radical (unpaired) electrons. The third kappa shape index (κ3) is 3.33. The van der Waals surface area contributed by atoms with Crippen LogP contribution in [0.3, 0.4) is 0 Å². The molecule has 0 bridgehead atoms. The molecular weight excluding hydrogens is 220 g/mol. The van der Waals surface area contributed by atoms with Crippen molar-refractivity contribution < 1.29 is 0 Å². The van der Waals surface area contributed by atoms with E-state index in [-0.39, 0.29) is 0 Å². The fraction of sp³-hybridized carbons (Fsp3) is 0.625. The topological polar surface area (TPSA) is 15.3 Å². The Labute approximate surface area is 111 Å². The molecule has 2 heteroatoms. The van der Waals surface area contributed by atoms with E-state index in [0.717, 1.165) is 19.6 Å². The molecule has 0 aliphatic carbocycles. The first-order valence-electron chi connectivity index (χ1n) is 7.21. The van der Waals surface area contributed by atoms with Crippen LogP contribution in [0, 0.1) is 13.8 Å². The summed E-state index contributed by atoms with van der Waals surface area (Å²) in [5, 5.41) is 3.52. The summed E-state index contributed by atoms with van der Waals surface area (Å²) in [6.45, 7) is 11.3. The van der Waals surface area contributed by atoms with E-state index in [4.69, 9.17) is 0 Å². The molecule has 0 saturated carbocycles. The molecule has 1 aromatic carbocycles. The van der Waals surface area contributed by atoms with Crippen LogP contribution in [0.1, 0.15) is 36.5 Å². The molecule has 18 heavy (non-hydrogen) atoms. The Hall–Kier alpha value is -0.860. The van der Waals surface area contributed by atoms with Gasteiger partial charge in [0, 0.05) is 32.2 Å². The molecule has 1 aromatic rings. The molecular formula is C16H26N2. The second-order valence-corrected chi connectivity index (χ2v) is 5.55. The summed E-state index contributed by atoms with van der Waals surface area (Å²) in [5.41, 5.74) is 4.30. The Morgan fingerprint density at radius 3 is 2.94 bits per heavy atom. The fourth-order valence-electron chi connectivity index (χ4n) is 2.82. The number of aryl methyl sites for hydroxylation is 2. The average Bonchev–Trinajstić information content (AvgIpc) is 2.36. The zero-order valence-corrected chi connectivity index (χ0v) is 12.0. The van der Waals surface area contributed by atoms with Crippen molar-refractivity contribution >= 4 is 0 Å². The molecule has 0 spiro atoms. The van der Waals surface area contributed by atoms with Gasteiger partial charge in [-0.1, -0.05) is 37.1 Å². The number of nitrogens with zero attached hydrogens (tertiary/aromatic N) is 1. The largest absolute Gasteiger partial charge is 0.314 e. The van der Waals surface area contributed by atoms with Crippen LogP contribution in [0.4, 0.5) is 0 Å². The maximum absolute atomic E-state index is 3.52. The van der Waals surface area contributed by atoms with Gasteiger partial charge in [0.15, 0.2) is 0 Å². The highest BCUT2D eigenvalue weighted by Crippen LogP contribution is 2.17. The molecule has 1 fully saturated rings. The molecule has 1 aliphatic rings. The molecule has 100 valence electrons. The first-order chi connectivity index (χ1) is 8.70. The van der Waals surface area contributed by atoms with Gasteiger partial charge in [0.05, 0.1) is 0 Å². The van der Waals surface area contributed by atoms with Crippen LogP contribution in [0.2, 0.25) is 0 Å². The van der Waals surface area contributed by atoms with Crippen molar-refractivity contribution in [1.29, 1.82) is 0 Å². The minimum absolute atomic E-state index is 0.712. The monoisotopic (exact) mass is 246 g/mol. The van der Waals surface area contributed by atoms with Gasteiger partial charge >= 0.3 is 0 Å². The van der Waals surface area contributed by atoms with Gasteiger partial charge in [0.25, 0.3) is 0 Å². The Balaban J connectivity index is 2.08. The van der Waals surface area contributed by atoms with Crippen LogP contribution < -0.4 is 5.32 Å². The van der Waals surface area contributed by atoms with Crippen molar-refractivity contribution in [3.05, 3.63) is 34.9 Å². The molecule has 1 atom stereocenters. The molecule has 0 aromatic heterocycles. The summed E-state index contributed by atoms with van der Waals surface area (Å²) in [6, 6.07) is 7.52. The number of hydrogen-bond acceptors (Lipinski definition) is 2. The Morgan fingerprint density at radius 2 is 2.17 bits per heavy atom. The van der Waals surface area contributed by atoms with Crippen LogP contribution in [0.25, 0.3) is 0 Å². The number of rotatable bonds is 4. The maximum Gasteiger partial charge on any atom is 0.0240 e. The molecule has 1 N–H and O–H groups in total. The molecule has 1 unspecified atom stereocenters. The van der Waals surface area contributed by atoms with E-state index in [1.807, 2.05) is 0 Å². The number of hydrogen-bond donors (Lipinski definition) is 1. The summed E-state index contributed by atoms with van der Waals surface area (Å²) < 4.78 is 0. The highest BCUT2D eigenvalue weighted by atomic mass is 15.2. The van der Waals surface area contributed by atoms with Crippen LogP contribution in [0.5, 0.6) is 0 Å². The summed E-state index contributed by atoms with van der Waals surface area (Å²) in [7, 11) is 0. The van der Waals surface area contributed by atoms with Crippen molar-refractivity contribution in [2.24, 2.45) is 0 Å². The smallest absolute Gasteiger partial charge is 0.0240 e. The fourth-order valence-corrected chi connectivity index (χ4v) is 2.82. The lowest BCUT2D eigenvalue weighted by Crippen LogP contribution is -2.50. The summed E-state index contributed by atoms with van der Waals surface area (Å²) in [4.78, 5) is 2.65.